The van der Waals surface area contributed by atoms with Crippen LogP contribution in [0.4, 0.5) is 0 Å². The van der Waals surface area contributed by atoms with Crippen molar-refractivity contribution >= 4 is 21.7 Å². The van der Waals surface area contributed by atoms with Gasteiger partial charge < -0.3 is 0 Å². The van der Waals surface area contributed by atoms with E-state index in [4.69, 9.17) is 0 Å². The van der Waals surface area contributed by atoms with Crippen LogP contribution < -0.4 is 5.56 Å². The zero-order chi connectivity index (χ0) is 14.4. The third-order valence-corrected chi connectivity index (χ3v) is 3.99. The lowest BCUT2D eigenvalue weighted by atomic mass is 10.2. The highest BCUT2D eigenvalue weighted by molar-refractivity contribution is 9.10. The number of hydrogen-bond acceptors (Lipinski definition) is 5. The summed E-state index contributed by atoms with van der Waals surface area (Å²) in [6, 6.07) is 0. The quantitative estimate of drug-likeness (QED) is 0.691. The average Bonchev–Trinajstić information content (AvgIpc) is 3.07. The minimum Gasteiger partial charge on any atom is -0.291 e. The van der Waals surface area contributed by atoms with Crippen LogP contribution in [-0.2, 0) is 19.4 Å². The van der Waals surface area contributed by atoms with Crippen molar-refractivity contribution in [3.05, 3.63) is 50.6 Å². The lowest BCUT2D eigenvalue weighted by Crippen LogP contribution is -2.25. The van der Waals surface area contributed by atoms with E-state index in [2.05, 4.69) is 36.0 Å². The molecule has 0 aromatic carbocycles. The predicted octanol–water partition coefficient (Wildman–Crippen LogP) is 0.981. The van der Waals surface area contributed by atoms with Gasteiger partial charge in [0.05, 0.1) is 23.0 Å². The maximum absolute atomic E-state index is 12.4. The molecule has 1 aliphatic carbocycles. The van der Waals surface area contributed by atoms with Gasteiger partial charge in [0.1, 0.15) is 0 Å². The Bertz CT molecular complexity index is 899. The molecule has 3 heterocycles. The first-order chi connectivity index (χ1) is 10.2. The maximum Gasteiger partial charge on any atom is 0.257 e. The Balaban J connectivity index is 1.73. The molecule has 8 heteroatoms. The summed E-state index contributed by atoms with van der Waals surface area (Å²) in [6.07, 6.45) is 7.75. The standard InChI is InChI=1S/C13H11BrN6O/c14-8-4-15-13-17-11(18-20(13)5-8)6-19-7-16-10-3-1-2-9(10)12(19)21/h4-5,7H,1-3,6H2. The Labute approximate surface area is 127 Å². The molecule has 0 atom stereocenters. The number of hydrogen-bond donors (Lipinski definition) is 0. The van der Waals surface area contributed by atoms with Crippen LogP contribution in [-0.4, -0.2) is 29.1 Å². The molecule has 0 saturated heterocycles. The molecule has 21 heavy (non-hydrogen) atoms. The Morgan fingerprint density at radius 3 is 3.10 bits per heavy atom. The summed E-state index contributed by atoms with van der Waals surface area (Å²) in [6.45, 7) is 0.306. The Morgan fingerprint density at radius 1 is 1.29 bits per heavy atom. The summed E-state index contributed by atoms with van der Waals surface area (Å²) >= 11 is 3.34. The summed E-state index contributed by atoms with van der Waals surface area (Å²) in [5.74, 6) is 1.05. The van der Waals surface area contributed by atoms with E-state index in [1.54, 1.807) is 27.8 Å². The van der Waals surface area contributed by atoms with Crippen LogP contribution in [0.5, 0.6) is 0 Å². The number of aryl methyl sites for hydroxylation is 1. The van der Waals surface area contributed by atoms with Crippen LogP contribution in [0.25, 0.3) is 5.78 Å². The fraction of sp³-hybridized carbons (Fsp3) is 0.308. The van der Waals surface area contributed by atoms with E-state index in [0.29, 0.717) is 18.1 Å². The molecule has 0 aliphatic heterocycles. The molecule has 0 saturated carbocycles. The van der Waals surface area contributed by atoms with E-state index in [9.17, 15) is 4.79 Å². The fourth-order valence-corrected chi connectivity index (χ4v) is 2.90. The molecule has 0 radical (unpaired) electrons. The predicted molar refractivity (Wildman–Crippen MR) is 78.1 cm³/mol. The summed E-state index contributed by atoms with van der Waals surface area (Å²) in [4.78, 5) is 25.2. The van der Waals surface area contributed by atoms with E-state index in [1.807, 2.05) is 0 Å². The minimum atomic E-state index is 0.0190. The van der Waals surface area contributed by atoms with E-state index in [-0.39, 0.29) is 5.56 Å². The fourth-order valence-electron chi connectivity index (χ4n) is 2.60. The van der Waals surface area contributed by atoms with Crippen molar-refractivity contribution in [1.82, 2.24) is 29.1 Å². The Kier molecular flexibility index (Phi) is 2.85. The highest BCUT2D eigenvalue weighted by Gasteiger charge is 2.18. The first kappa shape index (κ1) is 12.6. The second-order valence-corrected chi connectivity index (χ2v) is 5.92. The van der Waals surface area contributed by atoms with Gasteiger partial charge in [-0.1, -0.05) is 0 Å². The topological polar surface area (TPSA) is 78.0 Å². The second-order valence-electron chi connectivity index (χ2n) is 5.00. The van der Waals surface area contributed by atoms with E-state index in [0.717, 1.165) is 35.0 Å². The van der Waals surface area contributed by atoms with E-state index in [1.165, 1.54) is 0 Å². The van der Waals surface area contributed by atoms with Gasteiger partial charge in [0.2, 0.25) is 0 Å². The van der Waals surface area contributed by atoms with Crippen molar-refractivity contribution in [3.63, 3.8) is 0 Å². The Morgan fingerprint density at radius 2 is 2.19 bits per heavy atom. The molecule has 0 N–H and O–H groups in total. The SMILES string of the molecule is O=c1c2c(ncn1Cc1nc3ncc(Br)cn3n1)CCC2. The van der Waals surface area contributed by atoms with Crippen LogP contribution in [0.1, 0.15) is 23.5 Å². The van der Waals surface area contributed by atoms with Gasteiger partial charge in [0.15, 0.2) is 5.82 Å². The largest absolute Gasteiger partial charge is 0.291 e. The molecule has 0 spiro atoms. The second kappa shape index (κ2) is 4.73. The molecular weight excluding hydrogens is 336 g/mol. The number of nitrogens with zero attached hydrogens (tertiary/aromatic N) is 6. The van der Waals surface area contributed by atoms with Crippen LogP contribution in [0.15, 0.2) is 28.0 Å². The van der Waals surface area contributed by atoms with Gasteiger partial charge in [-0.2, -0.15) is 4.98 Å². The van der Waals surface area contributed by atoms with Gasteiger partial charge in [-0.05, 0) is 35.2 Å². The van der Waals surface area contributed by atoms with Crippen LogP contribution in [0, 0.1) is 0 Å². The molecule has 4 rings (SSSR count). The number of halogens is 1. The number of fused-ring (bicyclic) bond motifs is 2. The number of aromatic nitrogens is 6. The first-order valence-electron chi connectivity index (χ1n) is 6.65. The smallest absolute Gasteiger partial charge is 0.257 e. The summed E-state index contributed by atoms with van der Waals surface area (Å²) in [5, 5.41) is 4.33. The molecule has 0 bridgehead atoms. The normalized spacial score (nSPS) is 13.8. The van der Waals surface area contributed by atoms with Crippen molar-refractivity contribution < 1.29 is 0 Å². The zero-order valence-corrected chi connectivity index (χ0v) is 12.6. The molecule has 7 nitrogen and oxygen atoms in total. The Hall–Kier alpha value is -2.09. The monoisotopic (exact) mass is 346 g/mol. The molecular formula is C13H11BrN6O. The van der Waals surface area contributed by atoms with Gasteiger partial charge in [0.25, 0.3) is 11.3 Å². The zero-order valence-electron chi connectivity index (χ0n) is 11.0. The summed E-state index contributed by atoms with van der Waals surface area (Å²) < 4.78 is 3.97. The van der Waals surface area contributed by atoms with Crippen LogP contribution in [0.3, 0.4) is 0 Å². The first-order valence-corrected chi connectivity index (χ1v) is 7.44. The highest BCUT2D eigenvalue weighted by Crippen LogP contribution is 2.15. The highest BCUT2D eigenvalue weighted by atomic mass is 79.9. The van der Waals surface area contributed by atoms with Crippen molar-refractivity contribution in [3.8, 4) is 0 Å². The molecule has 0 fully saturated rings. The molecule has 0 unspecified atom stereocenters. The van der Waals surface area contributed by atoms with Crippen molar-refractivity contribution in [2.24, 2.45) is 0 Å². The van der Waals surface area contributed by atoms with Gasteiger partial charge in [-0.3, -0.25) is 9.36 Å². The molecule has 3 aromatic heterocycles. The lowest BCUT2D eigenvalue weighted by Gasteiger charge is -2.04. The van der Waals surface area contributed by atoms with Crippen molar-refractivity contribution in [2.75, 3.05) is 0 Å². The maximum atomic E-state index is 12.4. The van der Waals surface area contributed by atoms with Crippen molar-refractivity contribution in [2.45, 2.75) is 25.8 Å². The molecule has 106 valence electrons. The van der Waals surface area contributed by atoms with Gasteiger partial charge in [0, 0.05) is 18.0 Å². The van der Waals surface area contributed by atoms with Gasteiger partial charge >= 0.3 is 0 Å². The van der Waals surface area contributed by atoms with E-state index >= 15 is 0 Å². The van der Waals surface area contributed by atoms with Crippen LogP contribution in [0.2, 0.25) is 0 Å². The number of rotatable bonds is 2. The molecule has 3 aromatic rings. The third-order valence-electron chi connectivity index (χ3n) is 3.58. The summed E-state index contributed by atoms with van der Waals surface area (Å²) in [7, 11) is 0. The summed E-state index contributed by atoms with van der Waals surface area (Å²) in [5.41, 5.74) is 1.79. The lowest BCUT2D eigenvalue weighted by molar-refractivity contribution is 0.684. The molecule has 1 aliphatic rings. The minimum absolute atomic E-state index is 0.0190. The molecule has 0 amide bonds. The van der Waals surface area contributed by atoms with Gasteiger partial charge in [-0.15, -0.1) is 5.10 Å². The third kappa shape index (κ3) is 2.15. The van der Waals surface area contributed by atoms with Crippen molar-refractivity contribution in [1.29, 1.82) is 0 Å². The van der Waals surface area contributed by atoms with Crippen LogP contribution >= 0.6 is 15.9 Å². The van der Waals surface area contributed by atoms with Gasteiger partial charge in [-0.25, -0.2) is 14.5 Å². The van der Waals surface area contributed by atoms with E-state index < -0.39 is 0 Å². The average molecular weight is 347 g/mol.